The third-order valence-electron chi connectivity index (χ3n) is 1.28. The Bertz CT molecular complexity index is 101. The van der Waals surface area contributed by atoms with Crippen LogP contribution in [0.25, 0.3) is 0 Å². The summed E-state index contributed by atoms with van der Waals surface area (Å²) in [5, 5.41) is 0. The molecule has 0 saturated carbocycles. The highest BCUT2D eigenvalue weighted by molar-refractivity contribution is 7.06. The highest BCUT2D eigenvalue weighted by atomic mass is 35.6. The molecule has 1 unspecified atom stereocenters. The standard InChI is InChI=1S/C7H19ClOSi2/c1-10(8)7-5-6-9-11(2,3)4/h10H,5-7H2,1-4H3. The molecule has 11 heavy (non-hydrogen) atoms. The second-order valence-corrected chi connectivity index (χ2v) is 12.8. The summed E-state index contributed by atoms with van der Waals surface area (Å²) in [7, 11) is -2.11. The van der Waals surface area contributed by atoms with E-state index in [0.29, 0.717) is 0 Å². The van der Waals surface area contributed by atoms with E-state index >= 15 is 0 Å². The Morgan fingerprint density at radius 1 is 1.36 bits per heavy atom. The Morgan fingerprint density at radius 2 is 1.91 bits per heavy atom. The molecule has 1 nitrogen and oxygen atoms in total. The van der Waals surface area contributed by atoms with E-state index in [1.807, 2.05) is 0 Å². The monoisotopic (exact) mass is 210 g/mol. The lowest BCUT2D eigenvalue weighted by molar-refractivity contribution is 0.311. The molecule has 0 rings (SSSR count). The third-order valence-corrected chi connectivity index (χ3v) is 4.21. The molecular formula is C7H19ClOSi2. The first-order valence-electron chi connectivity index (χ1n) is 4.20. The number of hydrogen-bond donors (Lipinski definition) is 0. The zero-order valence-corrected chi connectivity index (χ0v) is 10.9. The van der Waals surface area contributed by atoms with Gasteiger partial charge in [0.1, 0.15) is 8.11 Å². The largest absolute Gasteiger partial charge is 0.418 e. The maximum Gasteiger partial charge on any atom is 0.183 e. The SMILES string of the molecule is C[SiH](Cl)CCCO[Si](C)(C)C. The van der Waals surface area contributed by atoms with E-state index in [-0.39, 0.29) is 0 Å². The average Bonchev–Trinajstić information content (AvgIpc) is 1.78. The van der Waals surface area contributed by atoms with Gasteiger partial charge < -0.3 is 4.43 Å². The van der Waals surface area contributed by atoms with Crippen molar-refractivity contribution in [1.29, 1.82) is 0 Å². The summed E-state index contributed by atoms with van der Waals surface area (Å²) in [5.41, 5.74) is 0. The molecule has 0 aliphatic rings. The second kappa shape index (κ2) is 5.35. The minimum atomic E-state index is -1.26. The van der Waals surface area contributed by atoms with Crippen LogP contribution in [-0.4, -0.2) is 23.0 Å². The second-order valence-electron chi connectivity index (χ2n) is 3.88. The Labute approximate surface area is 77.5 Å². The van der Waals surface area contributed by atoms with Crippen LogP contribution in [0.3, 0.4) is 0 Å². The summed E-state index contributed by atoms with van der Waals surface area (Å²) < 4.78 is 5.68. The van der Waals surface area contributed by atoms with Crippen molar-refractivity contribution in [2.24, 2.45) is 0 Å². The maximum absolute atomic E-state index is 5.92. The van der Waals surface area contributed by atoms with Crippen LogP contribution in [0.5, 0.6) is 0 Å². The van der Waals surface area contributed by atoms with Gasteiger partial charge in [-0.25, -0.2) is 0 Å². The Hall–Kier alpha value is 0.684. The maximum atomic E-state index is 5.92. The lowest BCUT2D eigenvalue weighted by Crippen LogP contribution is -2.25. The predicted molar refractivity (Wildman–Crippen MR) is 57.6 cm³/mol. The van der Waals surface area contributed by atoms with E-state index in [0.717, 1.165) is 13.0 Å². The van der Waals surface area contributed by atoms with Crippen molar-refractivity contribution < 1.29 is 4.43 Å². The van der Waals surface area contributed by atoms with Crippen LogP contribution >= 0.6 is 11.1 Å². The molecule has 1 atom stereocenters. The van der Waals surface area contributed by atoms with Gasteiger partial charge in [-0.3, -0.25) is 0 Å². The normalized spacial score (nSPS) is 15.0. The molecular weight excluding hydrogens is 192 g/mol. The molecule has 0 amide bonds. The van der Waals surface area contributed by atoms with Gasteiger partial charge in [0, 0.05) is 6.61 Å². The van der Waals surface area contributed by atoms with Crippen LogP contribution in [0.4, 0.5) is 0 Å². The zero-order valence-electron chi connectivity index (χ0n) is 7.98. The van der Waals surface area contributed by atoms with Gasteiger partial charge in [-0.2, -0.15) is 11.1 Å². The summed E-state index contributed by atoms with van der Waals surface area (Å²) >= 11 is 5.92. The van der Waals surface area contributed by atoms with Gasteiger partial charge in [0.05, 0.1) is 0 Å². The summed E-state index contributed by atoms with van der Waals surface area (Å²) in [6, 6.07) is 1.20. The van der Waals surface area contributed by atoms with E-state index in [1.165, 1.54) is 6.04 Å². The lowest BCUT2D eigenvalue weighted by Gasteiger charge is -2.16. The van der Waals surface area contributed by atoms with Gasteiger partial charge in [-0.05, 0) is 32.1 Å². The first-order valence-corrected chi connectivity index (χ1v) is 11.3. The Morgan fingerprint density at radius 3 is 2.27 bits per heavy atom. The smallest absolute Gasteiger partial charge is 0.183 e. The molecule has 0 fully saturated rings. The minimum absolute atomic E-state index is 0.848. The predicted octanol–water partition coefficient (Wildman–Crippen LogP) is 2.82. The van der Waals surface area contributed by atoms with Gasteiger partial charge >= 0.3 is 0 Å². The first kappa shape index (κ1) is 11.7. The van der Waals surface area contributed by atoms with Crippen LogP contribution in [0.2, 0.25) is 32.2 Å². The Kier molecular flexibility index (Phi) is 5.68. The summed E-state index contributed by atoms with van der Waals surface area (Å²) in [4.78, 5) is 0. The number of rotatable bonds is 5. The van der Waals surface area contributed by atoms with Gasteiger partial charge in [-0.15, -0.1) is 0 Å². The molecule has 0 spiro atoms. The highest BCUT2D eigenvalue weighted by Crippen LogP contribution is 2.06. The average molecular weight is 211 g/mol. The fraction of sp³-hybridized carbons (Fsp3) is 1.00. The lowest BCUT2D eigenvalue weighted by atomic mass is 10.5. The van der Waals surface area contributed by atoms with Gasteiger partial charge in [0.2, 0.25) is 0 Å². The van der Waals surface area contributed by atoms with Crippen molar-refractivity contribution in [2.45, 2.75) is 38.7 Å². The minimum Gasteiger partial charge on any atom is -0.418 e. The van der Waals surface area contributed by atoms with Crippen LogP contribution in [0, 0.1) is 0 Å². The molecule has 68 valence electrons. The van der Waals surface area contributed by atoms with Crippen molar-refractivity contribution in [3.63, 3.8) is 0 Å². The fourth-order valence-corrected chi connectivity index (χ4v) is 2.69. The van der Waals surface area contributed by atoms with Crippen molar-refractivity contribution in [3.8, 4) is 0 Å². The summed E-state index contributed by atoms with van der Waals surface area (Å²) in [6.07, 6.45) is 1.15. The number of halogens is 1. The molecule has 0 radical (unpaired) electrons. The van der Waals surface area contributed by atoms with Gasteiger partial charge in [0.15, 0.2) is 8.32 Å². The molecule has 0 aliphatic carbocycles. The first-order chi connectivity index (χ1) is 4.92. The molecule has 0 bridgehead atoms. The van der Waals surface area contributed by atoms with Crippen molar-refractivity contribution >= 4 is 27.5 Å². The quantitative estimate of drug-likeness (QED) is 0.385. The van der Waals surface area contributed by atoms with E-state index in [1.54, 1.807) is 0 Å². The van der Waals surface area contributed by atoms with Crippen LogP contribution < -0.4 is 0 Å². The summed E-state index contributed by atoms with van der Waals surface area (Å²) in [6.45, 7) is 9.73. The van der Waals surface area contributed by atoms with Gasteiger partial charge in [-0.1, -0.05) is 6.55 Å². The third kappa shape index (κ3) is 10.7. The molecule has 0 heterocycles. The molecule has 0 saturated heterocycles. The zero-order chi connectivity index (χ0) is 8.91. The van der Waals surface area contributed by atoms with E-state index < -0.39 is 16.4 Å². The highest BCUT2D eigenvalue weighted by Gasteiger charge is 2.13. The molecule has 0 aliphatic heterocycles. The summed E-state index contributed by atoms with van der Waals surface area (Å²) in [5.74, 6) is 0. The van der Waals surface area contributed by atoms with E-state index in [2.05, 4.69) is 26.2 Å². The van der Waals surface area contributed by atoms with E-state index in [9.17, 15) is 0 Å². The van der Waals surface area contributed by atoms with E-state index in [4.69, 9.17) is 15.5 Å². The van der Waals surface area contributed by atoms with Crippen LogP contribution in [0.15, 0.2) is 0 Å². The molecule has 4 heteroatoms. The number of hydrogen-bond acceptors (Lipinski definition) is 1. The molecule has 0 N–H and O–H groups in total. The van der Waals surface area contributed by atoms with Crippen LogP contribution in [0.1, 0.15) is 6.42 Å². The molecule has 0 aromatic rings. The molecule has 0 aromatic carbocycles. The fourth-order valence-electron chi connectivity index (χ4n) is 0.743. The Balaban J connectivity index is 3.15. The van der Waals surface area contributed by atoms with Crippen molar-refractivity contribution in [1.82, 2.24) is 0 Å². The van der Waals surface area contributed by atoms with Crippen molar-refractivity contribution in [2.75, 3.05) is 6.61 Å². The molecule has 0 aromatic heterocycles. The van der Waals surface area contributed by atoms with Gasteiger partial charge in [0.25, 0.3) is 0 Å². The topological polar surface area (TPSA) is 9.23 Å². The van der Waals surface area contributed by atoms with Crippen molar-refractivity contribution in [3.05, 3.63) is 0 Å². The van der Waals surface area contributed by atoms with Crippen LogP contribution in [-0.2, 0) is 4.43 Å².